The Morgan fingerprint density at radius 2 is 2.37 bits per heavy atom. The van der Waals surface area contributed by atoms with Gasteiger partial charge < -0.3 is 19.9 Å². The number of H-pyrrole nitrogens is 1. The monoisotopic (exact) mass is 266 g/mol. The lowest BCUT2D eigenvalue weighted by atomic mass is 9.92. The molecule has 0 aromatic carbocycles. The SMILES string of the molecule is Cc1[nH]cnc1C(=O)N1CCCC(O)(CN(C)C)C1. The Morgan fingerprint density at radius 3 is 2.95 bits per heavy atom. The van der Waals surface area contributed by atoms with Gasteiger partial charge in [0.05, 0.1) is 18.5 Å². The highest BCUT2D eigenvalue weighted by Gasteiger charge is 2.36. The molecule has 2 rings (SSSR count). The van der Waals surface area contributed by atoms with Gasteiger partial charge in [-0.05, 0) is 33.9 Å². The average molecular weight is 266 g/mol. The molecule has 1 unspecified atom stereocenters. The molecule has 6 heteroatoms. The summed E-state index contributed by atoms with van der Waals surface area (Å²) in [6, 6.07) is 0. The molecule has 1 fully saturated rings. The molecule has 0 bridgehead atoms. The van der Waals surface area contributed by atoms with Gasteiger partial charge in [0.2, 0.25) is 0 Å². The molecular formula is C13H22N4O2. The van der Waals surface area contributed by atoms with E-state index in [0.29, 0.717) is 25.3 Å². The average Bonchev–Trinajstić information content (AvgIpc) is 2.73. The Kier molecular flexibility index (Phi) is 3.91. The molecule has 1 saturated heterocycles. The molecule has 1 atom stereocenters. The zero-order valence-electron chi connectivity index (χ0n) is 11.8. The van der Waals surface area contributed by atoms with Crippen LogP contribution < -0.4 is 0 Å². The van der Waals surface area contributed by atoms with Crippen molar-refractivity contribution < 1.29 is 9.90 Å². The topological polar surface area (TPSA) is 72.5 Å². The first kappa shape index (κ1) is 14.0. The quantitative estimate of drug-likeness (QED) is 0.822. The summed E-state index contributed by atoms with van der Waals surface area (Å²) >= 11 is 0. The van der Waals surface area contributed by atoms with E-state index in [1.165, 1.54) is 6.33 Å². The maximum absolute atomic E-state index is 12.4. The van der Waals surface area contributed by atoms with E-state index in [9.17, 15) is 9.90 Å². The lowest BCUT2D eigenvalue weighted by molar-refractivity contribution is -0.0392. The summed E-state index contributed by atoms with van der Waals surface area (Å²) in [7, 11) is 3.85. The number of hydrogen-bond donors (Lipinski definition) is 2. The number of hydrogen-bond acceptors (Lipinski definition) is 4. The molecule has 1 aromatic rings. The van der Waals surface area contributed by atoms with Crippen LogP contribution >= 0.6 is 0 Å². The number of amides is 1. The number of aromatic amines is 1. The minimum absolute atomic E-state index is 0.101. The van der Waals surface area contributed by atoms with Crippen LogP contribution in [-0.2, 0) is 0 Å². The Labute approximate surface area is 113 Å². The molecule has 0 aliphatic carbocycles. The summed E-state index contributed by atoms with van der Waals surface area (Å²) < 4.78 is 0. The summed E-state index contributed by atoms with van der Waals surface area (Å²) in [4.78, 5) is 23.0. The van der Waals surface area contributed by atoms with Crippen LogP contribution in [0.4, 0.5) is 0 Å². The summed E-state index contributed by atoms with van der Waals surface area (Å²) in [6.07, 6.45) is 3.08. The van der Waals surface area contributed by atoms with Crippen LogP contribution in [-0.4, -0.2) is 70.1 Å². The third-order valence-electron chi connectivity index (χ3n) is 3.49. The molecule has 19 heavy (non-hydrogen) atoms. The van der Waals surface area contributed by atoms with Crippen molar-refractivity contribution in [2.24, 2.45) is 0 Å². The molecule has 106 valence electrons. The third kappa shape index (κ3) is 3.13. The van der Waals surface area contributed by atoms with Gasteiger partial charge in [-0.1, -0.05) is 0 Å². The number of aryl methyl sites for hydroxylation is 1. The van der Waals surface area contributed by atoms with Crippen molar-refractivity contribution in [3.8, 4) is 0 Å². The number of imidazole rings is 1. The molecule has 1 aromatic heterocycles. The number of aromatic nitrogens is 2. The first-order valence-corrected chi connectivity index (χ1v) is 6.58. The summed E-state index contributed by atoms with van der Waals surface area (Å²) in [5.41, 5.74) is 0.405. The second-order valence-electron chi connectivity index (χ2n) is 5.67. The number of carbonyl (C=O) groups excluding carboxylic acids is 1. The van der Waals surface area contributed by atoms with Crippen molar-refractivity contribution >= 4 is 5.91 Å². The number of carbonyl (C=O) groups is 1. The van der Waals surface area contributed by atoms with E-state index in [0.717, 1.165) is 18.5 Å². The highest BCUT2D eigenvalue weighted by molar-refractivity contribution is 5.93. The number of aliphatic hydroxyl groups is 1. The molecule has 6 nitrogen and oxygen atoms in total. The molecular weight excluding hydrogens is 244 g/mol. The van der Waals surface area contributed by atoms with Gasteiger partial charge in [-0.15, -0.1) is 0 Å². The van der Waals surface area contributed by atoms with Crippen LogP contribution in [0.15, 0.2) is 6.33 Å². The molecule has 1 aliphatic rings. The second kappa shape index (κ2) is 5.30. The van der Waals surface area contributed by atoms with Crippen LogP contribution in [0.5, 0.6) is 0 Å². The van der Waals surface area contributed by atoms with Crippen molar-refractivity contribution in [3.05, 3.63) is 17.7 Å². The van der Waals surface area contributed by atoms with Crippen LogP contribution in [0.2, 0.25) is 0 Å². The molecule has 1 amide bonds. The van der Waals surface area contributed by atoms with E-state index in [4.69, 9.17) is 0 Å². The largest absolute Gasteiger partial charge is 0.387 e. The normalized spacial score (nSPS) is 23.9. The lowest BCUT2D eigenvalue weighted by Crippen LogP contribution is -2.54. The summed E-state index contributed by atoms with van der Waals surface area (Å²) in [5, 5.41) is 10.6. The van der Waals surface area contributed by atoms with E-state index >= 15 is 0 Å². The molecule has 0 saturated carbocycles. The highest BCUT2D eigenvalue weighted by Crippen LogP contribution is 2.23. The number of likely N-dealkylation sites (N-methyl/N-ethyl adjacent to an activating group) is 1. The molecule has 1 aliphatic heterocycles. The summed E-state index contributed by atoms with van der Waals surface area (Å²) in [6.45, 7) is 3.45. The smallest absolute Gasteiger partial charge is 0.274 e. The van der Waals surface area contributed by atoms with Crippen LogP contribution in [0, 0.1) is 6.92 Å². The van der Waals surface area contributed by atoms with E-state index in [1.54, 1.807) is 4.90 Å². The highest BCUT2D eigenvalue weighted by atomic mass is 16.3. The fourth-order valence-electron chi connectivity index (χ4n) is 2.73. The minimum atomic E-state index is -0.818. The maximum Gasteiger partial charge on any atom is 0.274 e. The number of likely N-dealkylation sites (tertiary alicyclic amines) is 1. The Morgan fingerprint density at radius 1 is 1.63 bits per heavy atom. The zero-order valence-corrected chi connectivity index (χ0v) is 11.8. The van der Waals surface area contributed by atoms with Gasteiger partial charge in [0.1, 0.15) is 5.69 Å². The van der Waals surface area contributed by atoms with Crippen LogP contribution in [0.3, 0.4) is 0 Å². The van der Waals surface area contributed by atoms with E-state index < -0.39 is 5.60 Å². The Bertz CT molecular complexity index is 457. The summed E-state index contributed by atoms with van der Waals surface area (Å²) in [5.74, 6) is -0.101. The number of β-amino-alcohol motifs (C(OH)–C–C–N with tert-alkyl or cyclic N) is 1. The van der Waals surface area contributed by atoms with Gasteiger partial charge in [0.25, 0.3) is 5.91 Å². The zero-order chi connectivity index (χ0) is 14.0. The van der Waals surface area contributed by atoms with Gasteiger partial charge in [-0.3, -0.25) is 4.79 Å². The first-order chi connectivity index (χ1) is 8.91. The molecule has 2 heterocycles. The van der Waals surface area contributed by atoms with Gasteiger partial charge in [-0.2, -0.15) is 0 Å². The lowest BCUT2D eigenvalue weighted by Gasteiger charge is -2.40. The number of piperidine rings is 1. The van der Waals surface area contributed by atoms with E-state index in [-0.39, 0.29) is 5.91 Å². The predicted octanol–water partition coefficient (Wildman–Crippen LogP) is 0.247. The number of nitrogens with one attached hydrogen (secondary N) is 1. The fourth-order valence-corrected chi connectivity index (χ4v) is 2.73. The second-order valence-corrected chi connectivity index (χ2v) is 5.67. The minimum Gasteiger partial charge on any atom is -0.387 e. The van der Waals surface area contributed by atoms with E-state index in [2.05, 4.69) is 9.97 Å². The van der Waals surface area contributed by atoms with Crippen LogP contribution in [0.25, 0.3) is 0 Å². The van der Waals surface area contributed by atoms with Gasteiger partial charge in [0, 0.05) is 18.8 Å². The Hall–Kier alpha value is -1.40. The predicted molar refractivity (Wildman–Crippen MR) is 72.0 cm³/mol. The van der Waals surface area contributed by atoms with Crippen molar-refractivity contribution in [1.29, 1.82) is 0 Å². The first-order valence-electron chi connectivity index (χ1n) is 6.58. The maximum atomic E-state index is 12.4. The third-order valence-corrected chi connectivity index (χ3v) is 3.49. The number of rotatable bonds is 3. The van der Waals surface area contributed by atoms with Crippen molar-refractivity contribution in [3.63, 3.8) is 0 Å². The van der Waals surface area contributed by atoms with Crippen LogP contribution in [0.1, 0.15) is 29.0 Å². The Balaban J connectivity index is 2.09. The van der Waals surface area contributed by atoms with Crippen molar-refractivity contribution in [2.45, 2.75) is 25.4 Å². The molecule has 2 N–H and O–H groups in total. The number of nitrogens with zero attached hydrogens (tertiary/aromatic N) is 3. The fraction of sp³-hybridized carbons (Fsp3) is 0.692. The van der Waals surface area contributed by atoms with E-state index in [1.807, 2.05) is 25.9 Å². The van der Waals surface area contributed by atoms with Gasteiger partial charge >= 0.3 is 0 Å². The standard InChI is InChI=1S/C13H22N4O2/c1-10-11(15-9-14-10)12(18)17-6-4-5-13(19,8-17)7-16(2)3/h9,19H,4-8H2,1-3H3,(H,14,15). The molecule has 0 radical (unpaired) electrons. The van der Waals surface area contributed by atoms with Gasteiger partial charge in [0.15, 0.2) is 0 Å². The van der Waals surface area contributed by atoms with Gasteiger partial charge in [-0.25, -0.2) is 4.98 Å². The van der Waals surface area contributed by atoms with Crippen molar-refractivity contribution in [1.82, 2.24) is 19.8 Å². The molecule has 0 spiro atoms. The van der Waals surface area contributed by atoms with Crippen molar-refractivity contribution in [2.75, 3.05) is 33.7 Å².